The lowest BCUT2D eigenvalue weighted by molar-refractivity contribution is 0.102. The predicted octanol–water partition coefficient (Wildman–Crippen LogP) is 1.02. The lowest BCUT2D eigenvalue weighted by Gasteiger charge is -2.15. The second-order valence-electron chi connectivity index (χ2n) is 5.06. The van der Waals surface area contributed by atoms with Crippen LogP contribution in [0, 0.1) is 0 Å². The molecule has 0 unspecified atom stereocenters. The Labute approximate surface area is 135 Å². The number of nitrogens with zero attached hydrogens (tertiary/aromatic N) is 2. The van der Waals surface area contributed by atoms with Crippen LogP contribution in [0.2, 0.25) is 0 Å². The maximum Gasteiger partial charge on any atom is 0.318 e. The van der Waals surface area contributed by atoms with Crippen molar-refractivity contribution in [1.82, 2.24) is 15.0 Å². The minimum Gasteiger partial charge on any atom is -0.351 e. The van der Waals surface area contributed by atoms with Gasteiger partial charge in [0, 0.05) is 24.6 Å². The van der Waals surface area contributed by atoms with E-state index in [1.54, 1.807) is 24.3 Å². The smallest absolute Gasteiger partial charge is 0.318 e. The number of carbonyl (C=O) groups is 2. The van der Waals surface area contributed by atoms with Crippen LogP contribution < -0.4 is 21.5 Å². The molecule has 0 spiro atoms. The fourth-order valence-electron chi connectivity index (χ4n) is 2.27. The summed E-state index contributed by atoms with van der Waals surface area (Å²) in [7, 11) is 1.52. The fourth-order valence-corrected chi connectivity index (χ4v) is 2.27. The van der Waals surface area contributed by atoms with Crippen LogP contribution in [0.15, 0.2) is 41.6 Å². The lowest BCUT2D eigenvalue weighted by atomic mass is 10.2. The van der Waals surface area contributed by atoms with Gasteiger partial charge in [0.1, 0.15) is 5.65 Å². The molecule has 0 radical (unpaired) electrons. The molecule has 122 valence electrons. The van der Waals surface area contributed by atoms with Crippen LogP contribution in [0.1, 0.15) is 10.4 Å². The summed E-state index contributed by atoms with van der Waals surface area (Å²) in [5, 5.41) is 2.86. The second-order valence-corrected chi connectivity index (χ2v) is 5.06. The number of hydrogen-bond donors (Lipinski definition) is 4. The molecular formula is C15H14N6O3. The topological polar surface area (TPSA) is 137 Å². The number of carbonyl (C=O) groups excluding carboxylic acids is 2. The van der Waals surface area contributed by atoms with E-state index >= 15 is 0 Å². The van der Waals surface area contributed by atoms with Gasteiger partial charge >= 0.3 is 6.03 Å². The number of benzene rings is 1. The van der Waals surface area contributed by atoms with Crippen LogP contribution in [-0.2, 0) is 0 Å². The molecule has 1 aromatic carbocycles. The van der Waals surface area contributed by atoms with Crippen LogP contribution in [0.5, 0.6) is 0 Å². The third-order valence-corrected chi connectivity index (χ3v) is 3.54. The summed E-state index contributed by atoms with van der Waals surface area (Å²) in [6, 6.07) is 6.00. The average molecular weight is 326 g/mol. The minimum atomic E-state index is -0.618. The number of primary amides is 1. The van der Waals surface area contributed by atoms with Crippen molar-refractivity contribution in [2.75, 3.05) is 17.3 Å². The van der Waals surface area contributed by atoms with Crippen LogP contribution in [0.25, 0.3) is 11.0 Å². The van der Waals surface area contributed by atoms with Crippen LogP contribution in [0.3, 0.4) is 0 Å². The minimum absolute atomic E-state index is 0.174. The number of H-pyrrole nitrogens is 2. The number of fused-ring (bicyclic) bond motifs is 1. The highest BCUT2D eigenvalue weighted by Crippen LogP contribution is 2.20. The molecule has 0 saturated carbocycles. The zero-order valence-corrected chi connectivity index (χ0v) is 12.7. The highest BCUT2D eigenvalue weighted by atomic mass is 16.2. The Kier molecular flexibility index (Phi) is 3.74. The highest BCUT2D eigenvalue weighted by molar-refractivity contribution is 6.12. The van der Waals surface area contributed by atoms with Gasteiger partial charge in [-0.15, -0.1) is 0 Å². The molecule has 0 aliphatic heterocycles. The number of rotatable bonds is 3. The van der Waals surface area contributed by atoms with E-state index in [9.17, 15) is 14.4 Å². The molecule has 0 fully saturated rings. The largest absolute Gasteiger partial charge is 0.351 e. The van der Waals surface area contributed by atoms with E-state index in [0.29, 0.717) is 17.0 Å². The van der Waals surface area contributed by atoms with Gasteiger partial charge in [-0.25, -0.2) is 9.78 Å². The van der Waals surface area contributed by atoms with E-state index in [4.69, 9.17) is 5.73 Å². The molecule has 3 amide bonds. The Morgan fingerprint density at radius 3 is 2.83 bits per heavy atom. The van der Waals surface area contributed by atoms with Gasteiger partial charge in [0.25, 0.3) is 11.5 Å². The fraction of sp³-hybridized carbons (Fsp3) is 0.0667. The molecule has 2 heterocycles. The Balaban J connectivity index is 1.91. The zero-order valence-electron chi connectivity index (χ0n) is 12.7. The molecule has 5 N–H and O–H groups in total. The first-order valence-corrected chi connectivity index (χ1v) is 6.96. The van der Waals surface area contributed by atoms with E-state index in [-0.39, 0.29) is 10.9 Å². The van der Waals surface area contributed by atoms with E-state index in [0.717, 1.165) is 0 Å². The molecule has 0 atom stereocenters. The molecule has 9 heteroatoms. The Hall–Kier alpha value is -3.62. The van der Waals surface area contributed by atoms with Crippen molar-refractivity contribution in [2.24, 2.45) is 5.73 Å². The molecule has 2 aromatic heterocycles. The van der Waals surface area contributed by atoms with E-state index in [2.05, 4.69) is 20.3 Å². The monoisotopic (exact) mass is 326 g/mol. The summed E-state index contributed by atoms with van der Waals surface area (Å²) in [6.45, 7) is 0. The molecule has 0 saturated heterocycles. The summed E-state index contributed by atoms with van der Waals surface area (Å²) >= 11 is 0. The predicted molar refractivity (Wildman–Crippen MR) is 89.1 cm³/mol. The molecular weight excluding hydrogens is 312 g/mol. The number of aromatic amines is 2. The van der Waals surface area contributed by atoms with Crippen LogP contribution >= 0.6 is 0 Å². The number of aromatic nitrogens is 3. The molecule has 3 aromatic rings. The number of nitrogens with two attached hydrogens (primary N) is 1. The van der Waals surface area contributed by atoms with Crippen molar-refractivity contribution < 1.29 is 9.59 Å². The number of anilines is 2. The maximum atomic E-state index is 12.4. The average Bonchev–Trinajstić information content (AvgIpc) is 3.00. The van der Waals surface area contributed by atoms with Gasteiger partial charge in [-0.05, 0) is 18.2 Å². The van der Waals surface area contributed by atoms with Crippen LogP contribution in [0.4, 0.5) is 16.2 Å². The quantitative estimate of drug-likeness (QED) is 0.571. The Morgan fingerprint density at radius 1 is 1.29 bits per heavy atom. The number of nitrogens with one attached hydrogen (secondary N) is 3. The number of hydrogen-bond acceptors (Lipinski definition) is 4. The third-order valence-electron chi connectivity index (χ3n) is 3.54. The summed E-state index contributed by atoms with van der Waals surface area (Å²) in [5.74, 6) is -0.473. The van der Waals surface area contributed by atoms with E-state index in [1.807, 2.05) is 0 Å². The summed E-state index contributed by atoms with van der Waals surface area (Å²) in [4.78, 5) is 46.0. The van der Waals surface area contributed by atoms with E-state index < -0.39 is 17.5 Å². The zero-order chi connectivity index (χ0) is 17.3. The van der Waals surface area contributed by atoms with Gasteiger partial charge in [-0.1, -0.05) is 6.07 Å². The second kappa shape index (κ2) is 5.88. The van der Waals surface area contributed by atoms with Crippen molar-refractivity contribution in [3.8, 4) is 0 Å². The first-order chi connectivity index (χ1) is 11.5. The SMILES string of the molecule is CN(C(N)=O)c1cccc(NC(=O)c2c[nH]c3nc[nH]c(=O)c23)c1. The number of amides is 3. The van der Waals surface area contributed by atoms with Crippen molar-refractivity contribution in [2.45, 2.75) is 0 Å². The van der Waals surface area contributed by atoms with Crippen molar-refractivity contribution in [3.63, 3.8) is 0 Å². The molecule has 0 aliphatic carbocycles. The number of urea groups is 1. The van der Waals surface area contributed by atoms with Gasteiger partial charge in [-0.2, -0.15) is 0 Å². The highest BCUT2D eigenvalue weighted by Gasteiger charge is 2.16. The molecule has 24 heavy (non-hydrogen) atoms. The van der Waals surface area contributed by atoms with Crippen LogP contribution in [-0.4, -0.2) is 33.9 Å². The standard InChI is InChI=1S/C15H14N6O3/c1-21(15(16)24)9-4-2-3-8(5-9)20-13(22)10-6-17-12-11(10)14(23)19-7-18-12/h2-7H,1H3,(H2,16,24)(H,20,22)(H2,17,18,19,23). The molecule has 9 nitrogen and oxygen atoms in total. The van der Waals surface area contributed by atoms with Gasteiger partial charge in [0.15, 0.2) is 0 Å². The van der Waals surface area contributed by atoms with Gasteiger partial charge in [0.05, 0.1) is 17.3 Å². The first-order valence-electron chi connectivity index (χ1n) is 6.96. The Bertz CT molecular complexity index is 990. The van der Waals surface area contributed by atoms with Crippen molar-refractivity contribution in [3.05, 3.63) is 52.7 Å². The normalized spacial score (nSPS) is 10.5. The first kappa shape index (κ1) is 15.3. The van der Waals surface area contributed by atoms with E-state index in [1.165, 1.54) is 24.5 Å². The Morgan fingerprint density at radius 2 is 2.08 bits per heavy atom. The summed E-state index contributed by atoms with van der Waals surface area (Å²) < 4.78 is 0. The third kappa shape index (κ3) is 2.70. The molecule has 0 aliphatic rings. The van der Waals surface area contributed by atoms with Gasteiger partial charge < -0.3 is 21.0 Å². The van der Waals surface area contributed by atoms with Gasteiger partial charge in [0.2, 0.25) is 0 Å². The van der Waals surface area contributed by atoms with Crippen molar-refractivity contribution in [1.29, 1.82) is 0 Å². The van der Waals surface area contributed by atoms with Gasteiger partial charge in [-0.3, -0.25) is 14.5 Å². The maximum absolute atomic E-state index is 12.4. The summed E-state index contributed by atoms with van der Waals surface area (Å²) in [5.41, 5.74) is 6.30. The molecule has 0 bridgehead atoms. The molecule has 3 rings (SSSR count). The summed E-state index contributed by atoms with van der Waals surface area (Å²) in [6.07, 6.45) is 2.67. The lowest BCUT2D eigenvalue weighted by Crippen LogP contribution is -2.31. The van der Waals surface area contributed by atoms with Crippen molar-refractivity contribution >= 4 is 34.3 Å².